The van der Waals surface area contributed by atoms with E-state index < -0.39 is 29.3 Å². The third-order valence-electron chi connectivity index (χ3n) is 7.89. The molecule has 38 heavy (non-hydrogen) atoms. The Morgan fingerprint density at radius 1 is 0.842 bits per heavy atom. The molecule has 3 aromatic rings. The molecule has 0 bridgehead atoms. The molecule has 3 aliphatic rings. The van der Waals surface area contributed by atoms with Crippen LogP contribution in [0.5, 0.6) is 11.5 Å². The number of ether oxygens (including phenoxy) is 2. The third kappa shape index (κ3) is 3.49. The average Bonchev–Trinajstić information content (AvgIpc) is 2.96. The molecule has 4 amide bonds. The largest absolute Gasteiger partial charge is 0.497 e. The van der Waals surface area contributed by atoms with E-state index in [1.807, 2.05) is 48.5 Å². The number of carbonyl (C=O) groups excluding carboxylic acids is 3. The fourth-order valence-electron chi connectivity index (χ4n) is 6.03. The highest BCUT2D eigenvalue weighted by Gasteiger charge is 2.63. The molecule has 3 heterocycles. The minimum absolute atomic E-state index is 0.189. The van der Waals surface area contributed by atoms with Crippen LogP contribution >= 0.6 is 0 Å². The van der Waals surface area contributed by atoms with E-state index in [-0.39, 0.29) is 6.42 Å². The molecular formula is C29H28N4O5. The highest BCUT2D eigenvalue weighted by Crippen LogP contribution is 2.47. The molecular weight excluding hydrogens is 484 g/mol. The molecule has 1 spiro atoms. The fraction of sp³-hybridized carbons (Fsp3) is 0.276. The van der Waals surface area contributed by atoms with Crippen molar-refractivity contribution in [3.05, 3.63) is 78.4 Å². The normalized spacial score (nSPS) is 22.6. The summed E-state index contributed by atoms with van der Waals surface area (Å²) in [4.78, 5) is 46.8. The first-order chi connectivity index (χ1) is 18.5. The fourth-order valence-corrected chi connectivity index (χ4v) is 6.03. The molecule has 3 aliphatic heterocycles. The van der Waals surface area contributed by atoms with Gasteiger partial charge in [-0.1, -0.05) is 30.3 Å². The van der Waals surface area contributed by atoms with Crippen molar-refractivity contribution in [2.24, 2.45) is 5.41 Å². The number of hydrogen-bond acceptors (Lipinski definition) is 7. The van der Waals surface area contributed by atoms with Gasteiger partial charge in [-0.2, -0.15) is 0 Å². The Balaban J connectivity index is 1.47. The smallest absolute Gasteiger partial charge is 0.335 e. The summed E-state index contributed by atoms with van der Waals surface area (Å²) in [6.45, 7) is 1.68. The monoisotopic (exact) mass is 512 g/mol. The van der Waals surface area contributed by atoms with Crippen LogP contribution < -0.4 is 29.5 Å². The van der Waals surface area contributed by atoms with E-state index in [2.05, 4.69) is 15.1 Å². The summed E-state index contributed by atoms with van der Waals surface area (Å²) < 4.78 is 10.9. The van der Waals surface area contributed by atoms with Gasteiger partial charge in [0.15, 0.2) is 5.41 Å². The second-order valence-electron chi connectivity index (χ2n) is 9.70. The number of barbiturate groups is 1. The summed E-state index contributed by atoms with van der Waals surface area (Å²) in [5.74, 6) is 0.231. The Labute approximate surface area is 220 Å². The molecule has 2 fully saturated rings. The summed E-state index contributed by atoms with van der Waals surface area (Å²) in [5, 5.41) is 2.51. The van der Waals surface area contributed by atoms with Crippen molar-refractivity contribution in [2.45, 2.75) is 12.5 Å². The lowest BCUT2D eigenvalue weighted by Crippen LogP contribution is -2.75. The van der Waals surface area contributed by atoms with E-state index in [0.717, 1.165) is 27.6 Å². The first-order valence-electron chi connectivity index (χ1n) is 12.5. The molecule has 194 valence electrons. The van der Waals surface area contributed by atoms with Crippen LogP contribution in [0, 0.1) is 5.41 Å². The molecule has 2 unspecified atom stereocenters. The molecule has 2 saturated heterocycles. The van der Waals surface area contributed by atoms with Crippen LogP contribution in [0.15, 0.2) is 72.8 Å². The van der Waals surface area contributed by atoms with E-state index in [1.165, 1.54) is 0 Å². The zero-order chi connectivity index (χ0) is 26.4. The van der Waals surface area contributed by atoms with Crippen LogP contribution in [0.4, 0.5) is 21.9 Å². The Bertz CT molecular complexity index is 1420. The lowest BCUT2D eigenvalue weighted by atomic mass is 9.67. The molecule has 0 saturated carbocycles. The van der Waals surface area contributed by atoms with Gasteiger partial charge in [0.2, 0.25) is 5.91 Å². The van der Waals surface area contributed by atoms with Gasteiger partial charge in [0.1, 0.15) is 11.5 Å². The van der Waals surface area contributed by atoms with Gasteiger partial charge in [-0.15, -0.1) is 0 Å². The summed E-state index contributed by atoms with van der Waals surface area (Å²) in [5.41, 5.74) is 1.68. The van der Waals surface area contributed by atoms with Gasteiger partial charge in [-0.3, -0.25) is 14.9 Å². The van der Waals surface area contributed by atoms with Crippen LogP contribution in [0.3, 0.4) is 0 Å². The first kappa shape index (κ1) is 23.8. The number of piperazine rings is 1. The second-order valence-corrected chi connectivity index (χ2v) is 9.70. The highest BCUT2D eigenvalue weighted by molar-refractivity contribution is 6.30. The molecule has 0 radical (unpaired) electrons. The first-order valence-corrected chi connectivity index (χ1v) is 12.5. The maximum Gasteiger partial charge on any atom is 0.335 e. The maximum absolute atomic E-state index is 14.5. The average molecular weight is 513 g/mol. The van der Waals surface area contributed by atoms with Crippen molar-refractivity contribution in [2.75, 3.05) is 48.6 Å². The van der Waals surface area contributed by atoms with E-state index in [1.54, 1.807) is 38.5 Å². The number of amides is 4. The van der Waals surface area contributed by atoms with Crippen LogP contribution in [-0.4, -0.2) is 57.7 Å². The van der Waals surface area contributed by atoms with Crippen molar-refractivity contribution in [3.63, 3.8) is 0 Å². The summed E-state index contributed by atoms with van der Waals surface area (Å²) in [6.07, 6.45) is 0.189. The van der Waals surface area contributed by atoms with Gasteiger partial charge in [-0.25, -0.2) is 9.69 Å². The Morgan fingerprint density at radius 2 is 1.55 bits per heavy atom. The number of para-hydroxylation sites is 3. The predicted molar refractivity (Wildman–Crippen MR) is 143 cm³/mol. The number of anilines is 3. The van der Waals surface area contributed by atoms with Crippen molar-refractivity contribution in [3.8, 4) is 11.5 Å². The SMILES string of the molecule is COc1ccc(N2C(=O)NC(=O)C3(Cc4ccccc4N4CCN(c5ccccc5OC)CC43)C2=O)cc1. The molecule has 9 nitrogen and oxygen atoms in total. The standard InChI is InChI=1S/C29H28N4O5/c1-37-21-13-11-20(12-14-21)33-27(35)29(26(34)30-28(33)36)17-19-7-3-4-8-22(19)32-16-15-31(18-25(29)32)23-9-5-6-10-24(23)38-2/h3-14,25H,15-18H2,1-2H3,(H,30,34,36). The van der Waals surface area contributed by atoms with Gasteiger partial charge in [-0.05, 0) is 54.4 Å². The molecule has 0 aromatic heterocycles. The Kier molecular flexibility index (Phi) is 5.71. The zero-order valence-electron chi connectivity index (χ0n) is 21.2. The van der Waals surface area contributed by atoms with E-state index in [4.69, 9.17) is 9.47 Å². The minimum atomic E-state index is -1.51. The quantitative estimate of drug-likeness (QED) is 0.537. The minimum Gasteiger partial charge on any atom is -0.497 e. The van der Waals surface area contributed by atoms with E-state index in [9.17, 15) is 14.4 Å². The summed E-state index contributed by atoms with van der Waals surface area (Å²) >= 11 is 0. The van der Waals surface area contributed by atoms with Crippen molar-refractivity contribution < 1.29 is 23.9 Å². The number of imide groups is 2. The van der Waals surface area contributed by atoms with E-state index >= 15 is 0 Å². The van der Waals surface area contributed by atoms with Crippen molar-refractivity contribution in [1.29, 1.82) is 0 Å². The maximum atomic E-state index is 14.5. The summed E-state index contributed by atoms with van der Waals surface area (Å²) in [6, 6.07) is 21.0. The number of nitrogens with zero attached hydrogens (tertiary/aromatic N) is 3. The molecule has 3 aromatic carbocycles. The van der Waals surface area contributed by atoms with Gasteiger partial charge in [0, 0.05) is 25.3 Å². The number of rotatable bonds is 4. The van der Waals surface area contributed by atoms with Crippen LogP contribution in [0.1, 0.15) is 5.56 Å². The van der Waals surface area contributed by atoms with Crippen LogP contribution in [-0.2, 0) is 16.0 Å². The number of nitrogens with one attached hydrogen (secondary N) is 1. The highest BCUT2D eigenvalue weighted by atomic mass is 16.5. The Morgan fingerprint density at radius 3 is 2.29 bits per heavy atom. The number of methoxy groups -OCH3 is 2. The van der Waals surface area contributed by atoms with E-state index in [0.29, 0.717) is 31.1 Å². The zero-order valence-corrected chi connectivity index (χ0v) is 21.2. The number of benzene rings is 3. The lowest BCUT2D eigenvalue weighted by molar-refractivity contribution is -0.144. The van der Waals surface area contributed by atoms with Gasteiger partial charge < -0.3 is 19.3 Å². The molecule has 9 heteroatoms. The van der Waals surface area contributed by atoms with Crippen LogP contribution in [0.2, 0.25) is 0 Å². The number of urea groups is 1. The lowest BCUT2D eigenvalue weighted by Gasteiger charge is -2.55. The third-order valence-corrected chi connectivity index (χ3v) is 7.89. The van der Waals surface area contributed by atoms with Crippen LogP contribution in [0.25, 0.3) is 0 Å². The molecule has 2 atom stereocenters. The number of fused-ring (bicyclic) bond motifs is 4. The van der Waals surface area contributed by atoms with Gasteiger partial charge in [0.25, 0.3) is 5.91 Å². The molecule has 0 aliphatic carbocycles. The van der Waals surface area contributed by atoms with Crippen molar-refractivity contribution >= 4 is 34.9 Å². The molecule has 6 rings (SSSR count). The molecule has 1 N–H and O–H groups in total. The second kappa shape index (κ2) is 9.09. The van der Waals surface area contributed by atoms with Crippen molar-refractivity contribution in [1.82, 2.24) is 5.32 Å². The summed E-state index contributed by atoms with van der Waals surface area (Å²) in [7, 11) is 3.18. The topological polar surface area (TPSA) is 91.4 Å². The Hall–Kier alpha value is -4.53. The predicted octanol–water partition coefficient (Wildman–Crippen LogP) is 3.22. The van der Waals surface area contributed by atoms with Gasteiger partial charge in [0.05, 0.1) is 31.6 Å². The van der Waals surface area contributed by atoms with Gasteiger partial charge >= 0.3 is 6.03 Å². The number of carbonyl (C=O) groups is 3. The number of hydrogen-bond donors (Lipinski definition) is 1.